The summed E-state index contributed by atoms with van der Waals surface area (Å²) in [5.41, 5.74) is 1.26. The lowest BCUT2D eigenvalue weighted by molar-refractivity contribution is -0.130. The maximum atomic E-state index is 13.2. The predicted octanol–water partition coefficient (Wildman–Crippen LogP) is 1.98. The van der Waals surface area contributed by atoms with Crippen LogP contribution in [0.15, 0.2) is 42.6 Å². The summed E-state index contributed by atoms with van der Waals surface area (Å²) in [6, 6.07) is 11.7. The van der Waals surface area contributed by atoms with Gasteiger partial charge in [-0.15, -0.1) is 0 Å². The molecule has 1 aliphatic heterocycles. The van der Waals surface area contributed by atoms with Gasteiger partial charge in [0.25, 0.3) is 0 Å². The molecule has 0 bridgehead atoms. The minimum atomic E-state index is -0.325. The van der Waals surface area contributed by atoms with Crippen LogP contribution >= 0.6 is 0 Å². The Hall–Kier alpha value is -2.94. The molecule has 1 aromatic carbocycles. The first kappa shape index (κ1) is 15.9. The molecule has 1 saturated heterocycles. The molecule has 0 N–H and O–H groups in total. The molecule has 5 nitrogen and oxygen atoms in total. The number of carbonyl (C=O) groups is 1. The lowest BCUT2D eigenvalue weighted by Crippen LogP contribution is -2.49. The van der Waals surface area contributed by atoms with Crippen molar-refractivity contribution in [3.05, 3.63) is 59.5 Å². The molecule has 1 amide bonds. The fourth-order valence-corrected chi connectivity index (χ4v) is 2.78. The lowest BCUT2D eigenvalue weighted by Gasteiger charge is -2.35. The molecule has 3 rings (SSSR count). The first-order valence-corrected chi connectivity index (χ1v) is 7.79. The molecule has 0 unspecified atom stereocenters. The molecular formula is C18H17FN4O. The average molecular weight is 324 g/mol. The highest BCUT2D eigenvalue weighted by atomic mass is 19.1. The van der Waals surface area contributed by atoms with E-state index >= 15 is 0 Å². The zero-order chi connectivity index (χ0) is 16.9. The highest BCUT2D eigenvalue weighted by molar-refractivity contribution is 5.79. The van der Waals surface area contributed by atoms with Gasteiger partial charge in [-0.05, 0) is 29.8 Å². The fraction of sp³-hybridized carbons (Fsp3) is 0.278. The van der Waals surface area contributed by atoms with Crippen molar-refractivity contribution < 1.29 is 9.18 Å². The lowest BCUT2D eigenvalue weighted by atomic mass is 10.1. The highest BCUT2D eigenvalue weighted by Gasteiger charge is 2.22. The van der Waals surface area contributed by atoms with Crippen molar-refractivity contribution in [3.63, 3.8) is 0 Å². The molecule has 122 valence electrons. The van der Waals surface area contributed by atoms with Gasteiger partial charge in [-0.25, -0.2) is 9.37 Å². The summed E-state index contributed by atoms with van der Waals surface area (Å²) in [7, 11) is 0. The van der Waals surface area contributed by atoms with Crippen LogP contribution in [0.3, 0.4) is 0 Å². The number of aromatic nitrogens is 1. The van der Waals surface area contributed by atoms with Crippen molar-refractivity contribution in [2.45, 2.75) is 6.42 Å². The van der Waals surface area contributed by atoms with Crippen LogP contribution in [-0.2, 0) is 11.2 Å². The number of pyridine rings is 1. The van der Waals surface area contributed by atoms with Gasteiger partial charge in [0.2, 0.25) is 5.91 Å². The van der Waals surface area contributed by atoms with Gasteiger partial charge in [0.15, 0.2) is 0 Å². The number of nitriles is 1. The summed E-state index contributed by atoms with van der Waals surface area (Å²) in [5.74, 6) is 0.429. The second-order valence-electron chi connectivity index (χ2n) is 5.69. The molecule has 1 aliphatic rings. The molecule has 0 aliphatic carbocycles. The Balaban J connectivity index is 1.58. The first-order valence-electron chi connectivity index (χ1n) is 7.79. The second kappa shape index (κ2) is 7.09. The summed E-state index contributed by atoms with van der Waals surface area (Å²) in [6.45, 7) is 2.51. The zero-order valence-corrected chi connectivity index (χ0v) is 13.2. The largest absolute Gasteiger partial charge is 0.353 e. The third kappa shape index (κ3) is 3.69. The van der Waals surface area contributed by atoms with Gasteiger partial charge in [0, 0.05) is 32.4 Å². The van der Waals surface area contributed by atoms with Gasteiger partial charge in [0.05, 0.1) is 18.1 Å². The minimum absolute atomic E-state index is 0.000940. The Morgan fingerprint density at radius 2 is 2.00 bits per heavy atom. The number of rotatable bonds is 3. The molecular weight excluding hydrogens is 307 g/mol. The minimum Gasteiger partial charge on any atom is -0.353 e. The number of amides is 1. The van der Waals surface area contributed by atoms with Gasteiger partial charge in [-0.1, -0.05) is 12.1 Å². The van der Waals surface area contributed by atoms with E-state index in [1.54, 1.807) is 35.4 Å². The van der Waals surface area contributed by atoms with Crippen molar-refractivity contribution in [1.29, 1.82) is 5.26 Å². The van der Waals surface area contributed by atoms with Crippen LogP contribution in [-0.4, -0.2) is 42.0 Å². The molecule has 2 heterocycles. The standard InChI is InChI=1S/C18H17FN4O/c19-16-3-1-2-14(10-16)12-18(24)23-8-6-22(7-9-23)17-11-15(13-20)4-5-21-17/h1-5,10-11H,6-9,12H2. The Morgan fingerprint density at radius 3 is 2.71 bits per heavy atom. The van der Waals surface area contributed by atoms with E-state index in [2.05, 4.69) is 16.0 Å². The van der Waals surface area contributed by atoms with Crippen LogP contribution in [0.2, 0.25) is 0 Å². The molecule has 1 fully saturated rings. The Kier molecular flexibility index (Phi) is 4.71. The summed E-state index contributed by atoms with van der Waals surface area (Å²) in [6.07, 6.45) is 1.83. The van der Waals surface area contributed by atoms with Gasteiger partial charge in [0.1, 0.15) is 11.6 Å². The number of halogens is 1. The quantitative estimate of drug-likeness (QED) is 0.866. The summed E-state index contributed by atoms with van der Waals surface area (Å²) in [4.78, 5) is 20.5. The van der Waals surface area contributed by atoms with E-state index in [0.29, 0.717) is 37.3 Å². The Bertz CT molecular complexity index is 779. The second-order valence-corrected chi connectivity index (χ2v) is 5.69. The number of nitrogens with zero attached hydrogens (tertiary/aromatic N) is 4. The third-order valence-electron chi connectivity index (χ3n) is 4.08. The predicted molar refractivity (Wildman–Crippen MR) is 87.8 cm³/mol. The van der Waals surface area contributed by atoms with Crippen molar-refractivity contribution >= 4 is 11.7 Å². The van der Waals surface area contributed by atoms with Gasteiger partial charge >= 0.3 is 0 Å². The third-order valence-corrected chi connectivity index (χ3v) is 4.08. The zero-order valence-electron chi connectivity index (χ0n) is 13.2. The molecule has 0 radical (unpaired) electrons. The summed E-state index contributed by atoms with van der Waals surface area (Å²) >= 11 is 0. The number of benzene rings is 1. The van der Waals surface area contributed by atoms with E-state index in [0.717, 1.165) is 5.82 Å². The maximum Gasteiger partial charge on any atom is 0.227 e. The number of hydrogen-bond donors (Lipinski definition) is 0. The summed E-state index contributed by atoms with van der Waals surface area (Å²) < 4.78 is 13.2. The molecule has 1 aromatic heterocycles. The van der Waals surface area contributed by atoms with Crippen LogP contribution in [0, 0.1) is 17.1 Å². The van der Waals surface area contributed by atoms with Crippen molar-refractivity contribution in [1.82, 2.24) is 9.88 Å². The number of carbonyl (C=O) groups excluding carboxylic acids is 1. The van der Waals surface area contributed by atoms with Crippen LogP contribution in [0.4, 0.5) is 10.2 Å². The van der Waals surface area contributed by atoms with Crippen molar-refractivity contribution in [2.75, 3.05) is 31.1 Å². The van der Waals surface area contributed by atoms with Crippen molar-refractivity contribution in [3.8, 4) is 6.07 Å². The smallest absolute Gasteiger partial charge is 0.227 e. The highest BCUT2D eigenvalue weighted by Crippen LogP contribution is 2.15. The fourth-order valence-electron chi connectivity index (χ4n) is 2.78. The maximum absolute atomic E-state index is 13.2. The number of anilines is 1. The molecule has 24 heavy (non-hydrogen) atoms. The number of hydrogen-bond acceptors (Lipinski definition) is 4. The SMILES string of the molecule is N#Cc1ccnc(N2CCN(C(=O)Cc3cccc(F)c3)CC2)c1. The number of piperazine rings is 1. The van der Waals surface area contributed by atoms with Crippen LogP contribution in [0.25, 0.3) is 0 Å². The molecule has 0 atom stereocenters. The van der Waals surface area contributed by atoms with Gasteiger partial charge < -0.3 is 9.80 Å². The van der Waals surface area contributed by atoms with Gasteiger partial charge in [-0.2, -0.15) is 5.26 Å². The Labute approximate surface area is 139 Å². The van der Waals surface area contributed by atoms with Gasteiger partial charge in [-0.3, -0.25) is 4.79 Å². The van der Waals surface area contributed by atoms with Crippen LogP contribution in [0.5, 0.6) is 0 Å². The Morgan fingerprint density at radius 1 is 1.21 bits per heavy atom. The van der Waals surface area contributed by atoms with E-state index in [1.165, 1.54) is 12.1 Å². The molecule has 0 spiro atoms. The monoisotopic (exact) mass is 324 g/mol. The van der Waals surface area contributed by atoms with E-state index in [4.69, 9.17) is 5.26 Å². The van der Waals surface area contributed by atoms with E-state index in [9.17, 15) is 9.18 Å². The molecule has 0 saturated carbocycles. The van der Waals surface area contributed by atoms with Crippen LogP contribution < -0.4 is 4.90 Å². The first-order chi connectivity index (χ1) is 11.7. The van der Waals surface area contributed by atoms with E-state index in [1.807, 2.05) is 0 Å². The average Bonchev–Trinajstić information content (AvgIpc) is 2.62. The summed E-state index contributed by atoms with van der Waals surface area (Å²) in [5, 5.41) is 8.96. The molecule has 2 aromatic rings. The van der Waals surface area contributed by atoms with Crippen LogP contribution in [0.1, 0.15) is 11.1 Å². The normalized spacial score (nSPS) is 14.3. The van der Waals surface area contributed by atoms with E-state index < -0.39 is 0 Å². The molecule has 6 heteroatoms. The van der Waals surface area contributed by atoms with Crippen molar-refractivity contribution in [2.24, 2.45) is 0 Å². The van der Waals surface area contributed by atoms with E-state index in [-0.39, 0.29) is 18.1 Å². The topological polar surface area (TPSA) is 60.2 Å².